The molecular weight excluding hydrogens is 484 g/mol. The predicted molar refractivity (Wildman–Crippen MR) is 149 cm³/mol. The first-order valence-electron chi connectivity index (χ1n) is 11.8. The maximum absolute atomic E-state index is 12.6. The Morgan fingerprint density at radius 1 is 0.946 bits per heavy atom. The third kappa shape index (κ3) is 5.98. The van der Waals surface area contributed by atoms with Crippen molar-refractivity contribution in [2.24, 2.45) is 5.10 Å². The fourth-order valence-electron chi connectivity index (χ4n) is 4.25. The SMILES string of the molecule is Cc1ccccc1-n1c(C)cc(/C=N\NC(=O)c2ccc(CN(c3ccccc3)S(C)(=O)=O)cc2)c1C. The van der Waals surface area contributed by atoms with Crippen LogP contribution in [0.4, 0.5) is 5.69 Å². The Morgan fingerprint density at radius 3 is 2.24 bits per heavy atom. The smallest absolute Gasteiger partial charge is 0.271 e. The van der Waals surface area contributed by atoms with Crippen LogP contribution in [0.5, 0.6) is 0 Å². The van der Waals surface area contributed by atoms with E-state index in [0.29, 0.717) is 11.3 Å². The van der Waals surface area contributed by atoms with E-state index < -0.39 is 10.0 Å². The molecule has 0 saturated carbocycles. The van der Waals surface area contributed by atoms with Crippen LogP contribution in [0.15, 0.2) is 90.0 Å². The van der Waals surface area contributed by atoms with Crippen molar-refractivity contribution >= 4 is 27.8 Å². The summed E-state index contributed by atoms with van der Waals surface area (Å²) in [4.78, 5) is 12.6. The van der Waals surface area contributed by atoms with Gasteiger partial charge in [-0.1, -0.05) is 48.5 Å². The molecule has 1 amide bonds. The minimum atomic E-state index is -3.47. The molecule has 190 valence electrons. The van der Waals surface area contributed by atoms with Gasteiger partial charge in [0.15, 0.2) is 0 Å². The monoisotopic (exact) mass is 514 g/mol. The lowest BCUT2D eigenvalue weighted by molar-refractivity contribution is 0.0955. The number of aryl methyl sites for hydroxylation is 2. The first kappa shape index (κ1) is 25.9. The normalized spacial score (nSPS) is 11.6. The van der Waals surface area contributed by atoms with Gasteiger partial charge in [0.1, 0.15) is 0 Å². The van der Waals surface area contributed by atoms with Gasteiger partial charge in [0.2, 0.25) is 10.0 Å². The molecule has 0 unspecified atom stereocenters. The number of aromatic nitrogens is 1. The van der Waals surface area contributed by atoms with E-state index in [-0.39, 0.29) is 12.5 Å². The van der Waals surface area contributed by atoms with Crippen LogP contribution in [-0.2, 0) is 16.6 Å². The second-order valence-electron chi connectivity index (χ2n) is 8.95. The van der Waals surface area contributed by atoms with Gasteiger partial charge in [0.05, 0.1) is 24.7 Å². The second-order valence-corrected chi connectivity index (χ2v) is 10.9. The average Bonchev–Trinajstić information content (AvgIpc) is 3.15. The molecule has 0 bridgehead atoms. The van der Waals surface area contributed by atoms with E-state index in [1.54, 1.807) is 54.7 Å². The fourth-order valence-corrected chi connectivity index (χ4v) is 5.14. The third-order valence-electron chi connectivity index (χ3n) is 6.18. The van der Waals surface area contributed by atoms with Crippen LogP contribution in [0.1, 0.15) is 38.4 Å². The van der Waals surface area contributed by atoms with Crippen LogP contribution in [-0.4, -0.2) is 31.4 Å². The Morgan fingerprint density at radius 2 is 1.59 bits per heavy atom. The van der Waals surface area contributed by atoms with Gasteiger partial charge in [-0.2, -0.15) is 5.10 Å². The summed E-state index contributed by atoms with van der Waals surface area (Å²) in [6, 6.07) is 26.0. The summed E-state index contributed by atoms with van der Waals surface area (Å²) in [5, 5.41) is 4.17. The molecule has 1 heterocycles. The molecule has 37 heavy (non-hydrogen) atoms. The lowest BCUT2D eigenvalue weighted by Crippen LogP contribution is -2.29. The van der Waals surface area contributed by atoms with Crippen molar-refractivity contribution in [3.05, 3.63) is 119 Å². The van der Waals surface area contributed by atoms with E-state index >= 15 is 0 Å². The Hall–Kier alpha value is -4.17. The zero-order chi connectivity index (χ0) is 26.6. The molecule has 3 aromatic carbocycles. The van der Waals surface area contributed by atoms with E-state index in [1.807, 2.05) is 38.1 Å². The zero-order valence-electron chi connectivity index (χ0n) is 21.3. The van der Waals surface area contributed by atoms with Gasteiger partial charge in [0, 0.05) is 28.2 Å². The molecular formula is C29H30N4O3S. The highest BCUT2D eigenvalue weighted by atomic mass is 32.2. The van der Waals surface area contributed by atoms with E-state index in [0.717, 1.165) is 28.2 Å². The van der Waals surface area contributed by atoms with Gasteiger partial charge in [-0.25, -0.2) is 13.8 Å². The van der Waals surface area contributed by atoms with Crippen molar-refractivity contribution in [3.8, 4) is 5.69 Å². The minimum Gasteiger partial charge on any atom is -0.318 e. The van der Waals surface area contributed by atoms with Crippen molar-refractivity contribution in [1.82, 2.24) is 9.99 Å². The average molecular weight is 515 g/mol. The molecule has 0 radical (unpaired) electrons. The maximum atomic E-state index is 12.6. The van der Waals surface area contributed by atoms with Gasteiger partial charge >= 0.3 is 0 Å². The number of rotatable bonds is 8. The van der Waals surface area contributed by atoms with Crippen LogP contribution in [0, 0.1) is 20.8 Å². The summed E-state index contributed by atoms with van der Waals surface area (Å²) >= 11 is 0. The quantitative estimate of drug-likeness (QED) is 0.261. The lowest BCUT2D eigenvalue weighted by atomic mass is 10.1. The lowest BCUT2D eigenvalue weighted by Gasteiger charge is -2.22. The second kappa shape index (κ2) is 10.8. The molecule has 0 aliphatic rings. The number of nitrogens with zero attached hydrogens (tertiary/aromatic N) is 3. The van der Waals surface area contributed by atoms with E-state index in [4.69, 9.17) is 0 Å². The van der Waals surface area contributed by atoms with E-state index in [1.165, 1.54) is 16.1 Å². The van der Waals surface area contributed by atoms with Gasteiger partial charge in [-0.3, -0.25) is 9.10 Å². The number of hydrogen-bond donors (Lipinski definition) is 1. The van der Waals surface area contributed by atoms with Crippen LogP contribution < -0.4 is 9.73 Å². The summed E-state index contributed by atoms with van der Waals surface area (Å²) in [6.45, 7) is 6.31. The molecule has 8 heteroatoms. The van der Waals surface area contributed by atoms with Crippen LogP contribution in [0.2, 0.25) is 0 Å². The maximum Gasteiger partial charge on any atom is 0.271 e. The Bertz CT molecular complexity index is 1540. The number of carbonyl (C=O) groups is 1. The number of anilines is 1. The van der Waals surface area contributed by atoms with Crippen molar-refractivity contribution in [3.63, 3.8) is 0 Å². The van der Waals surface area contributed by atoms with Crippen molar-refractivity contribution in [2.45, 2.75) is 27.3 Å². The van der Waals surface area contributed by atoms with E-state index in [9.17, 15) is 13.2 Å². The van der Waals surface area contributed by atoms with Crippen LogP contribution >= 0.6 is 0 Å². The number of benzene rings is 3. The van der Waals surface area contributed by atoms with Crippen LogP contribution in [0.25, 0.3) is 5.69 Å². The summed E-state index contributed by atoms with van der Waals surface area (Å²) in [5.41, 5.74) is 9.67. The first-order chi connectivity index (χ1) is 17.6. The molecule has 0 aliphatic heterocycles. The molecule has 0 spiro atoms. The fraction of sp³-hybridized carbons (Fsp3) is 0.172. The van der Waals surface area contributed by atoms with Crippen molar-refractivity contribution in [1.29, 1.82) is 0 Å². The number of hydrazone groups is 1. The summed E-state index contributed by atoms with van der Waals surface area (Å²) < 4.78 is 28.2. The molecule has 7 nitrogen and oxygen atoms in total. The highest BCUT2D eigenvalue weighted by molar-refractivity contribution is 7.92. The molecule has 0 fully saturated rings. The Labute approximate surface area is 218 Å². The number of carbonyl (C=O) groups excluding carboxylic acids is 1. The molecule has 1 aromatic heterocycles. The number of nitrogens with one attached hydrogen (secondary N) is 1. The number of sulfonamides is 1. The zero-order valence-corrected chi connectivity index (χ0v) is 22.2. The number of hydrogen-bond acceptors (Lipinski definition) is 4. The van der Waals surface area contributed by atoms with Crippen LogP contribution in [0.3, 0.4) is 0 Å². The van der Waals surface area contributed by atoms with Gasteiger partial charge in [-0.15, -0.1) is 0 Å². The minimum absolute atomic E-state index is 0.166. The standard InChI is InChI=1S/C29H30N4O3S/c1-21-10-8-9-13-28(21)33-22(2)18-26(23(33)3)19-30-31-29(34)25-16-14-24(15-17-25)20-32(37(4,35)36)27-11-6-5-7-12-27/h5-19H,20H2,1-4H3,(H,31,34)/b30-19-. The summed E-state index contributed by atoms with van der Waals surface area (Å²) in [7, 11) is -3.47. The van der Waals surface area contributed by atoms with Gasteiger partial charge < -0.3 is 4.57 Å². The topological polar surface area (TPSA) is 83.8 Å². The Balaban J connectivity index is 1.44. The molecule has 1 N–H and O–H groups in total. The largest absolute Gasteiger partial charge is 0.318 e. The molecule has 4 rings (SSSR count). The summed E-state index contributed by atoms with van der Waals surface area (Å²) in [5.74, 6) is -0.349. The third-order valence-corrected chi connectivity index (χ3v) is 7.32. The van der Waals surface area contributed by atoms with Gasteiger partial charge in [0.25, 0.3) is 5.91 Å². The Kier molecular flexibility index (Phi) is 7.59. The molecule has 0 saturated heterocycles. The van der Waals surface area contributed by atoms with Crippen molar-refractivity contribution in [2.75, 3.05) is 10.6 Å². The summed E-state index contributed by atoms with van der Waals surface area (Å²) in [6.07, 6.45) is 2.82. The molecule has 4 aromatic rings. The molecule has 0 aliphatic carbocycles. The molecule has 0 atom stereocenters. The van der Waals surface area contributed by atoms with Crippen molar-refractivity contribution < 1.29 is 13.2 Å². The highest BCUT2D eigenvalue weighted by Crippen LogP contribution is 2.23. The van der Waals surface area contributed by atoms with Gasteiger partial charge in [-0.05, 0) is 68.3 Å². The number of amides is 1. The number of para-hydroxylation sites is 2. The predicted octanol–water partition coefficient (Wildman–Crippen LogP) is 5.13. The first-order valence-corrected chi connectivity index (χ1v) is 13.7. The highest BCUT2D eigenvalue weighted by Gasteiger charge is 2.18. The van der Waals surface area contributed by atoms with E-state index in [2.05, 4.69) is 34.2 Å².